The molecule has 0 atom stereocenters. The molecule has 1 heterocycles. The molecule has 0 radical (unpaired) electrons. The molecular weight excluding hydrogens is 210 g/mol. The second-order valence-electron chi connectivity index (χ2n) is 3.16. The van der Waals surface area contributed by atoms with E-state index in [1.54, 1.807) is 6.92 Å². The van der Waals surface area contributed by atoms with E-state index in [9.17, 15) is 4.79 Å². The van der Waals surface area contributed by atoms with Crippen LogP contribution in [0, 0.1) is 6.92 Å². The molecule has 4 heteroatoms. The summed E-state index contributed by atoms with van der Waals surface area (Å²) in [6.07, 6.45) is 0. The number of aromatic carboxylic acids is 1. The number of carboxylic acids is 1. The van der Waals surface area contributed by atoms with Gasteiger partial charge in [0.15, 0.2) is 0 Å². The number of carbonyl (C=O) groups is 1. The normalized spacial score (nSPS) is 10.2. The molecule has 0 unspecified atom stereocenters. The molecule has 1 aromatic carbocycles. The van der Waals surface area contributed by atoms with Crippen LogP contribution in [-0.4, -0.2) is 15.4 Å². The van der Waals surface area contributed by atoms with Crippen molar-refractivity contribution in [2.75, 3.05) is 0 Å². The molecule has 0 bridgehead atoms. The topological polar surface area (TPSA) is 50.2 Å². The highest BCUT2D eigenvalue weighted by molar-refractivity contribution is 7.08. The van der Waals surface area contributed by atoms with E-state index in [1.807, 2.05) is 30.3 Å². The van der Waals surface area contributed by atoms with Crippen LogP contribution in [0.3, 0.4) is 0 Å². The lowest BCUT2D eigenvalue weighted by Gasteiger charge is -1.97. The molecule has 0 saturated carbocycles. The first-order chi connectivity index (χ1) is 7.20. The lowest BCUT2D eigenvalue weighted by Crippen LogP contribution is -1.94. The fourth-order valence-corrected chi connectivity index (χ4v) is 2.14. The molecule has 0 spiro atoms. The highest BCUT2D eigenvalue weighted by Crippen LogP contribution is 2.27. The van der Waals surface area contributed by atoms with Crippen molar-refractivity contribution in [1.29, 1.82) is 0 Å². The summed E-state index contributed by atoms with van der Waals surface area (Å²) in [4.78, 5) is 11.2. The summed E-state index contributed by atoms with van der Waals surface area (Å²) in [5.74, 6) is -0.910. The predicted octanol–water partition coefficient (Wildman–Crippen LogP) is 2.82. The van der Waals surface area contributed by atoms with Gasteiger partial charge in [-0.05, 0) is 18.5 Å². The minimum atomic E-state index is -0.910. The van der Waals surface area contributed by atoms with Crippen molar-refractivity contribution in [2.45, 2.75) is 6.92 Å². The molecule has 1 aromatic heterocycles. The Morgan fingerprint density at radius 3 is 2.53 bits per heavy atom. The fourth-order valence-electron chi connectivity index (χ4n) is 1.40. The maximum absolute atomic E-state index is 10.8. The third-order valence-corrected chi connectivity index (χ3v) is 3.10. The third-order valence-electron chi connectivity index (χ3n) is 2.17. The van der Waals surface area contributed by atoms with Crippen molar-refractivity contribution in [2.24, 2.45) is 0 Å². The van der Waals surface area contributed by atoms with Gasteiger partial charge in [0, 0.05) is 11.1 Å². The zero-order valence-corrected chi connectivity index (χ0v) is 8.91. The molecule has 0 amide bonds. The zero-order chi connectivity index (χ0) is 10.8. The fraction of sp³-hybridized carbons (Fsp3) is 0.0909. The first kappa shape index (κ1) is 9.86. The maximum Gasteiger partial charge on any atom is 0.347 e. The van der Waals surface area contributed by atoms with Gasteiger partial charge in [-0.15, -0.1) is 0 Å². The van der Waals surface area contributed by atoms with Gasteiger partial charge in [0.25, 0.3) is 0 Å². The lowest BCUT2D eigenvalue weighted by molar-refractivity contribution is 0.0701. The molecular formula is C11H9NO2S. The van der Waals surface area contributed by atoms with Crippen molar-refractivity contribution in [3.8, 4) is 11.3 Å². The van der Waals surface area contributed by atoms with Gasteiger partial charge in [-0.3, -0.25) is 0 Å². The standard InChI is InChI=1S/C11H9NO2S/c1-7-9(8-5-3-2-4-6-8)12-15-10(7)11(13)14/h2-6H,1H3,(H,13,14). The van der Waals surface area contributed by atoms with E-state index < -0.39 is 5.97 Å². The SMILES string of the molecule is Cc1c(-c2ccccc2)nsc1C(=O)O. The smallest absolute Gasteiger partial charge is 0.347 e. The Hall–Kier alpha value is -1.68. The first-order valence-corrected chi connectivity index (χ1v) is 5.22. The van der Waals surface area contributed by atoms with Crippen molar-refractivity contribution in [1.82, 2.24) is 4.37 Å². The van der Waals surface area contributed by atoms with E-state index >= 15 is 0 Å². The number of hydrogen-bond donors (Lipinski definition) is 1. The van der Waals surface area contributed by atoms with Gasteiger partial charge in [0.05, 0.1) is 5.69 Å². The Labute approximate surface area is 91.2 Å². The van der Waals surface area contributed by atoms with Crippen LogP contribution in [0.4, 0.5) is 0 Å². The summed E-state index contributed by atoms with van der Waals surface area (Å²) in [6, 6.07) is 9.59. The number of aromatic nitrogens is 1. The Kier molecular flexibility index (Phi) is 2.51. The Bertz CT molecular complexity index is 491. The summed E-state index contributed by atoms with van der Waals surface area (Å²) < 4.78 is 4.17. The summed E-state index contributed by atoms with van der Waals surface area (Å²) in [6.45, 7) is 1.79. The molecule has 0 aliphatic carbocycles. The number of carboxylic acid groups (broad SMARTS) is 1. The van der Waals surface area contributed by atoms with E-state index in [0.29, 0.717) is 4.88 Å². The van der Waals surface area contributed by atoms with Crippen molar-refractivity contribution >= 4 is 17.5 Å². The van der Waals surface area contributed by atoms with Crippen molar-refractivity contribution in [3.63, 3.8) is 0 Å². The molecule has 76 valence electrons. The van der Waals surface area contributed by atoms with E-state index in [2.05, 4.69) is 4.37 Å². The van der Waals surface area contributed by atoms with Crippen molar-refractivity contribution in [3.05, 3.63) is 40.8 Å². The van der Waals surface area contributed by atoms with Crippen LogP contribution in [0.1, 0.15) is 15.2 Å². The Balaban J connectivity index is 2.52. The predicted molar refractivity (Wildman–Crippen MR) is 59.2 cm³/mol. The number of hydrogen-bond acceptors (Lipinski definition) is 3. The molecule has 0 aliphatic rings. The first-order valence-electron chi connectivity index (χ1n) is 4.45. The van der Waals surface area contributed by atoms with E-state index in [4.69, 9.17) is 5.11 Å². The zero-order valence-electron chi connectivity index (χ0n) is 8.10. The quantitative estimate of drug-likeness (QED) is 0.844. The maximum atomic E-state index is 10.8. The molecule has 2 aromatic rings. The average molecular weight is 219 g/mol. The van der Waals surface area contributed by atoms with Gasteiger partial charge in [-0.25, -0.2) is 4.79 Å². The van der Waals surface area contributed by atoms with Crippen LogP contribution in [-0.2, 0) is 0 Å². The van der Waals surface area contributed by atoms with E-state index in [1.165, 1.54) is 0 Å². The summed E-state index contributed by atoms with van der Waals surface area (Å²) >= 11 is 1.03. The van der Waals surface area contributed by atoms with Gasteiger partial charge in [-0.1, -0.05) is 30.3 Å². The van der Waals surface area contributed by atoms with Gasteiger partial charge in [0.2, 0.25) is 0 Å². The third kappa shape index (κ3) is 1.76. The molecule has 15 heavy (non-hydrogen) atoms. The molecule has 0 fully saturated rings. The molecule has 0 aliphatic heterocycles. The van der Waals surface area contributed by atoms with Crippen LogP contribution in [0.15, 0.2) is 30.3 Å². The van der Waals surface area contributed by atoms with Gasteiger partial charge < -0.3 is 5.11 Å². The molecule has 2 rings (SSSR count). The van der Waals surface area contributed by atoms with Crippen LogP contribution < -0.4 is 0 Å². The number of benzene rings is 1. The monoisotopic (exact) mass is 219 g/mol. The van der Waals surface area contributed by atoms with Crippen molar-refractivity contribution < 1.29 is 9.90 Å². The van der Waals surface area contributed by atoms with Crippen LogP contribution in [0.25, 0.3) is 11.3 Å². The molecule has 3 nitrogen and oxygen atoms in total. The number of rotatable bonds is 2. The van der Waals surface area contributed by atoms with Gasteiger partial charge in [-0.2, -0.15) is 4.37 Å². The van der Waals surface area contributed by atoms with Crippen LogP contribution in [0.2, 0.25) is 0 Å². The lowest BCUT2D eigenvalue weighted by atomic mass is 10.1. The highest BCUT2D eigenvalue weighted by atomic mass is 32.1. The number of nitrogens with zero attached hydrogens (tertiary/aromatic N) is 1. The Morgan fingerprint density at radius 1 is 1.33 bits per heavy atom. The summed E-state index contributed by atoms with van der Waals surface area (Å²) in [5.41, 5.74) is 2.45. The van der Waals surface area contributed by atoms with Gasteiger partial charge >= 0.3 is 5.97 Å². The van der Waals surface area contributed by atoms with E-state index in [0.717, 1.165) is 28.4 Å². The van der Waals surface area contributed by atoms with Crippen LogP contribution in [0.5, 0.6) is 0 Å². The second-order valence-corrected chi connectivity index (χ2v) is 3.93. The average Bonchev–Trinajstić information content (AvgIpc) is 2.61. The largest absolute Gasteiger partial charge is 0.477 e. The highest BCUT2D eigenvalue weighted by Gasteiger charge is 2.15. The minimum absolute atomic E-state index is 0.314. The van der Waals surface area contributed by atoms with Gasteiger partial charge in [0.1, 0.15) is 4.88 Å². The second kappa shape index (κ2) is 3.82. The molecule has 0 saturated heterocycles. The summed E-state index contributed by atoms with van der Waals surface area (Å²) in [7, 11) is 0. The Morgan fingerprint density at radius 2 is 2.00 bits per heavy atom. The van der Waals surface area contributed by atoms with E-state index in [-0.39, 0.29) is 0 Å². The van der Waals surface area contributed by atoms with Crippen LogP contribution >= 0.6 is 11.5 Å². The summed E-state index contributed by atoms with van der Waals surface area (Å²) in [5, 5.41) is 8.90. The minimum Gasteiger partial charge on any atom is -0.477 e. The molecule has 1 N–H and O–H groups in total.